The molecule has 1 aromatic rings. The Morgan fingerprint density at radius 2 is 2.41 bits per heavy atom. The number of carbonyl (C=O) groups is 1. The molecule has 1 aromatic heterocycles. The summed E-state index contributed by atoms with van der Waals surface area (Å²) in [4.78, 5) is 15.8. The van der Waals surface area contributed by atoms with Crippen molar-refractivity contribution in [3.05, 3.63) is 23.9 Å². The minimum Gasteiger partial charge on any atom is -0.481 e. The summed E-state index contributed by atoms with van der Waals surface area (Å²) < 4.78 is 18.3. The van der Waals surface area contributed by atoms with Gasteiger partial charge in [0.15, 0.2) is 0 Å². The van der Waals surface area contributed by atoms with E-state index < -0.39 is 6.17 Å². The number of alkyl halides is 1. The molecule has 1 amide bonds. The Morgan fingerprint density at radius 3 is 3.06 bits per heavy atom. The lowest BCUT2D eigenvalue weighted by Crippen LogP contribution is -2.38. The quantitative estimate of drug-likeness (QED) is 0.872. The first kappa shape index (κ1) is 11.8. The van der Waals surface area contributed by atoms with E-state index in [1.165, 1.54) is 19.4 Å². The molecule has 0 aliphatic heterocycles. The third-order valence-electron chi connectivity index (χ3n) is 2.95. The Morgan fingerprint density at radius 1 is 1.59 bits per heavy atom. The molecule has 92 valence electrons. The van der Waals surface area contributed by atoms with Crippen LogP contribution in [0.25, 0.3) is 0 Å². The minimum atomic E-state index is -0.928. The third kappa shape index (κ3) is 2.72. The van der Waals surface area contributed by atoms with E-state index >= 15 is 0 Å². The van der Waals surface area contributed by atoms with E-state index in [0.717, 1.165) is 6.42 Å². The summed E-state index contributed by atoms with van der Waals surface area (Å²) in [7, 11) is 1.48. The first-order valence-corrected chi connectivity index (χ1v) is 5.65. The van der Waals surface area contributed by atoms with Crippen LogP contribution in [0.2, 0.25) is 0 Å². The van der Waals surface area contributed by atoms with E-state index in [-0.39, 0.29) is 11.9 Å². The van der Waals surface area contributed by atoms with Crippen LogP contribution in [0.3, 0.4) is 0 Å². The zero-order valence-corrected chi connectivity index (χ0v) is 9.65. The summed E-state index contributed by atoms with van der Waals surface area (Å²) in [5.41, 5.74) is 0.441. The van der Waals surface area contributed by atoms with Gasteiger partial charge in [-0.05, 0) is 25.3 Å². The molecule has 1 saturated carbocycles. The molecule has 1 N–H and O–H groups in total. The molecular formula is C12H15FN2O2. The van der Waals surface area contributed by atoms with Crippen LogP contribution in [-0.4, -0.2) is 30.2 Å². The van der Waals surface area contributed by atoms with Gasteiger partial charge in [-0.2, -0.15) is 0 Å². The van der Waals surface area contributed by atoms with Crippen LogP contribution < -0.4 is 10.1 Å². The highest BCUT2D eigenvalue weighted by atomic mass is 19.1. The van der Waals surface area contributed by atoms with Crippen LogP contribution in [0.5, 0.6) is 5.88 Å². The highest BCUT2D eigenvalue weighted by Gasteiger charge is 2.28. The first-order valence-electron chi connectivity index (χ1n) is 5.65. The van der Waals surface area contributed by atoms with Gasteiger partial charge >= 0.3 is 0 Å². The van der Waals surface area contributed by atoms with Crippen LogP contribution in [0.4, 0.5) is 4.39 Å². The van der Waals surface area contributed by atoms with Gasteiger partial charge in [0.2, 0.25) is 5.88 Å². The van der Waals surface area contributed by atoms with E-state index in [1.807, 2.05) is 0 Å². The van der Waals surface area contributed by atoms with E-state index in [2.05, 4.69) is 10.3 Å². The van der Waals surface area contributed by atoms with Gasteiger partial charge in [0.05, 0.1) is 13.2 Å². The number of aromatic nitrogens is 1. The Hall–Kier alpha value is -1.65. The first-order chi connectivity index (χ1) is 8.20. The number of amides is 1. The summed E-state index contributed by atoms with van der Waals surface area (Å²) >= 11 is 0. The number of pyridine rings is 1. The van der Waals surface area contributed by atoms with Gasteiger partial charge in [0.1, 0.15) is 6.17 Å². The highest BCUT2D eigenvalue weighted by Crippen LogP contribution is 2.22. The van der Waals surface area contributed by atoms with Crippen molar-refractivity contribution in [2.75, 3.05) is 7.11 Å². The van der Waals surface area contributed by atoms with Crippen LogP contribution in [0, 0.1) is 0 Å². The van der Waals surface area contributed by atoms with E-state index in [4.69, 9.17) is 4.74 Å². The Bertz CT molecular complexity index is 411. The third-order valence-corrected chi connectivity index (χ3v) is 2.95. The fourth-order valence-electron chi connectivity index (χ4n) is 1.99. The van der Waals surface area contributed by atoms with Gasteiger partial charge < -0.3 is 10.1 Å². The number of halogens is 1. The van der Waals surface area contributed by atoms with E-state index in [9.17, 15) is 9.18 Å². The maximum absolute atomic E-state index is 13.4. The van der Waals surface area contributed by atoms with Gasteiger partial charge in [-0.3, -0.25) is 4.79 Å². The standard InChI is InChI=1S/C12H15FN2O2/c1-17-11-7-8(5-6-14-11)12(16)15-10-4-2-3-9(10)13/h5-7,9-10H,2-4H2,1H3,(H,15,16)/t9-,10-/m1/s1. The molecule has 4 nitrogen and oxygen atoms in total. The maximum atomic E-state index is 13.4. The van der Waals surface area contributed by atoms with Gasteiger partial charge in [-0.1, -0.05) is 0 Å². The lowest BCUT2D eigenvalue weighted by atomic mass is 10.2. The Kier molecular flexibility index (Phi) is 3.56. The summed E-state index contributed by atoms with van der Waals surface area (Å²) in [6.07, 6.45) is 2.63. The number of nitrogens with zero attached hydrogens (tertiary/aromatic N) is 1. The largest absolute Gasteiger partial charge is 0.481 e. The van der Waals surface area contributed by atoms with Gasteiger partial charge in [0, 0.05) is 17.8 Å². The second-order valence-electron chi connectivity index (χ2n) is 4.11. The fourth-order valence-corrected chi connectivity index (χ4v) is 1.99. The normalized spacial score (nSPS) is 23.4. The van der Waals surface area contributed by atoms with Crippen molar-refractivity contribution < 1.29 is 13.9 Å². The number of nitrogens with one attached hydrogen (secondary N) is 1. The maximum Gasteiger partial charge on any atom is 0.251 e. The molecule has 2 atom stereocenters. The van der Waals surface area contributed by atoms with E-state index in [0.29, 0.717) is 24.3 Å². The second-order valence-corrected chi connectivity index (χ2v) is 4.11. The predicted octanol–water partition coefficient (Wildman–Crippen LogP) is 1.71. The average molecular weight is 238 g/mol. The Labute approximate surface area is 99.2 Å². The molecule has 0 radical (unpaired) electrons. The molecule has 1 aliphatic rings. The van der Waals surface area contributed by atoms with Crippen LogP contribution in [0.1, 0.15) is 29.6 Å². The lowest BCUT2D eigenvalue weighted by molar-refractivity contribution is 0.0918. The van der Waals surface area contributed by atoms with Crippen LogP contribution >= 0.6 is 0 Å². The molecule has 1 heterocycles. The van der Waals surface area contributed by atoms with Crippen molar-refractivity contribution in [2.24, 2.45) is 0 Å². The number of ether oxygens (including phenoxy) is 1. The van der Waals surface area contributed by atoms with Crippen molar-refractivity contribution in [3.8, 4) is 5.88 Å². The number of methoxy groups -OCH3 is 1. The molecule has 5 heteroatoms. The molecule has 1 aliphatic carbocycles. The second kappa shape index (κ2) is 5.12. The average Bonchev–Trinajstić information content (AvgIpc) is 2.75. The highest BCUT2D eigenvalue weighted by molar-refractivity contribution is 5.94. The minimum absolute atomic E-state index is 0.278. The molecule has 0 unspecified atom stereocenters. The number of hydrogen-bond donors (Lipinski definition) is 1. The molecule has 2 rings (SSSR count). The van der Waals surface area contributed by atoms with Crippen molar-refractivity contribution in [1.82, 2.24) is 10.3 Å². The lowest BCUT2D eigenvalue weighted by Gasteiger charge is -2.14. The Balaban J connectivity index is 2.03. The fraction of sp³-hybridized carbons (Fsp3) is 0.500. The monoisotopic (exact) mass is 238 g/mol. The summed E-state index contributed by atoms with van der Waals surface area (Å²) in [5.74, 6) is 0.0983. The number of hydrogen-bond acceptors (Lipinski definition) is 3. The topological polar surface area (TPSA) is 51.2 Å². The predicted molar refractivity (Wildman–Crippen MR) is 60.8 cm³/mol. The van der Waals surface area contributed by atoms with Crippen molar-refractivity contribution >= 4 is 5.91 Å². The van der Waals surface area contributed by atoms with Gasteiger partial charge in [-0.25, -0.2) is 9.37 Å². The molecular weight excluding hydrogens is 223 g/mol. The van der Waals surface area contributed by atoms with Crippen molar-refractivity contribution in [2.45, 2.75) is 31.5 Å². The van der Waals surface area contributed by atoms with E-state index in [1.54, 1.807) is 6.07 Å². The SMILES string of the molecule is COc1cc(C(=O)N[C@@H]2CCC[C@H]2F)ccn1. The smallest absolute Gasteiger partial charge is 0.251 e. The number of rotatable bonds is 3. The van der Waals surface area contributed by atoms with Gasteiger partial charge in [0.25, 0.3) is 5.91 Å². The van der Waals surface area contributed by atoms with Crippen LogP contribution in [0.15, 0.2) is 18.3 Å². The summed E-state index contributed by atoms with van der Waals surface area (Å²) in [5, 5.41) is 2.70. The van der Waals surface area contributed by atoms with Crippen molar-refractivity contribution in [1.29, 1.82) is 0 Å². The summed E-state index contributed by atoms with van der Waals surface area (Å²) in [6, 6.07) is 2.76. The molecule has 17 heavy (non-hydrogen) atoms. The molecule has 0 bridgehead atoms. The van der Waals surface area contributed by atoms with Gasteiger partial charge in [-0.15, -0.1) is 0 Å². The molecule has 1 fully saturated rings. The molecule has 0 aromatic carbocycles. The zero-order valence-electron chi connectivity index (χ0n) is 9.65. The molecule has 0 spiro atoms. The zero-order chi connectivity index (χ0) is 12.3. The van der Waals surface area contributed by atoms with Crippen molar-refractivity contribution in [3.63, 3.8) is 0 Å². The molecule has 0 saturated heterocycles. The van der Waals surface area contributed by atoms with Crippen LogP contribution in [-0.2, 0) is 0 Å². The number of carbonyl (C=O) groups excluding carboxylic acids is 1. The summed E-state index contributed by atoms with van der Waals surface area (Å²) in [6.45, 7) is 0.